The van der Waals surface area contributed by atoms with Crippen molar-refractivity contribution in [3.63, 3.8) is 0 Å². The van der Waals surface area contributed by atoms with Gasteiger partial charge in [0.15, 0.2) is 11.6 Å². The van der Waals surface area contributed by atoms with Crippen LogP contribution in [0.2, 0.25) is 5.02 Å². The zero-order valence-corrected chi connectivity index (χ0v) is 37.4. The number of anilines is 1. The van der Waals surface area contributed by atoms with Gasteiger partial charge in [0.25, 0.3) is 5.91 Å². The van der Waals surface area contributed by atoms with Crippen LogP contribution in [-0.4, -0.2) is 131 Å². The van der Waals surface area contributed by atoms with Crippen molar-refractivity contribution in [1.29, 1.82) is 0 Å². The Morgan fingerprint density at radius 1 is 1.05 bits per heavy atom. The normalized spacial score (nSPS) is 28.6. The quantitative estimate of drug-likeness (QED) is 0.243. The monoisotopic (exact) mass is 845 g/mol. The third-order valence-electron chi connectivity index (χ3n) is 12.4. The second kappa shape index (κ2) is 22.8. The number of allylic oxidation sites excluding steroid dienone is 1. The predicted octanol–water partition coefficient (Wildman–Crippen LogP) is 6.05. The molecule has 6 unspecified atom stereocenters. The molecule has 14 heteroatoms. The van der Waals surface area contributed by atoms with E-state index < -0.39 is 22.5 Å². The minimum absolute atomic E-state index is 0.0510. The third-order valence-corrected chi connectivity index (χ3v) is 14.3. The highest BCUT2D eigenvalue weighted by Crippen LogP contribution is 2.46. The van der Waals surface area contributed by atoms with E-state index in [4.69, 9.17) is 40.3 Å². The summed E-state index contributed by atoms with van der Waals surface area (Å²) in [5.41, 5.74) is 2.27. The Balaban J connectivity index is 0.000000419. The molecule has 0 radical (unpaired) electrons. The van der Waals surface area contributed by atoms with Gasteiger partial charge in [-0.1, -0.05) is 50.1 Å². The molecular formula is C44H68ClN5O7S. The molecule has 0 spiro atoms. The molecule has 3 aliphatic heterocycles. The summed E-state index contributed by atoms with van der Waals surface area (Å²) in [7, 11) is 5.28. The fourth-order valence-corrected chi connectivity index (χ4v) is 10.4. The van der Waals surface area contributed by atoms with E-state index in [0.717, 1.165) is 83.1 Å². The predicted molar refractivity (Wildman–Crippen MR) is 233 cm³/mol. The first kappa shape index (κ1) is 46.4. The van der Waals surface area contributed by atoms with Crippen molar-refractivity contribution in [3.05, 3.63) is 64.3 Å². The minimum atomic E-state index is -1.63. The van der Waals surface area contributed by atoms with Gasteiger partial charge >= 0.3 is 0 Å². The van der Waals surface area contributed by atoms with E-state index in [2.05, 4.69) is 64.9 Å². The van der Waals surface area contributed by atoms with Crippen molar-refractivity contribution >= 4 is 34.3 Å². The zero-order chi connectivity index (χ0) is 41.7. The second-order valence-electron chi connectivity index (χ2n) is 16.4. The summed E-state index contributed by atoms with van der Waals surface area (Å²) in [4.78, 5) is 23.1. The average molecular weight is 847 g/mol. The largest absolute Gasteiger partial charge is 0.489 e. The van der Waals surface area contributed by atoms with Crippen LogP contribution < -0.4 is 19.7 Å². The lowest BCUT2D eigenvalue weighted by Crippen LogP contribution is -2.51. The highest BCUT2D eigenvalue weighted by Gasteiger charge is 2.45. The summed E-state index contributed by atoms with van der Waals surface area (Å²) >= 11 is 6.42. The number of rotatable bonds is 12. The van der Waals surface area contributed by atoms with Gasteiger partial charge in [0, 0.05) is 85.3 Å². The van der Waals surface area contributed by atoms with E-state index >= 15 is 0 Å². The number of nitrogens with zero attached hydrogens (tertiary/aromatic N) is 3. The van der Waals surface area contributed by atoms with Crippen LogP contribution in [0.1, 0.15) is 80.4 Å². The molecule has 2 aromatic rings. The molecule has 1 saturated heterocycles. The number of fused-ring (bicyclic) bond motifs is 2. The van der Waals surface area contributed by atoms with Crippen molar-refractivity contribution in [2.45, 2.75) is 82.1 Å². The lowest BCUT2D eigenvalue weighted by Gasteiger charge is -2.48. The van der Waals surface area contributed by atoms with Crippen LogP contribution in [0.25, 0.3) is 0 Å². The summed E-state index contributed by atoms with van der Waals surface area (Å²) in [5.74, 6) is 1.68. The van der Waals surface area contributed by atoms with Crippen LogP contribution in [0, 0.1) is 17.8 Å². The molecule has 6 rings (SSSR count). The van der Waals surface area contributed by atoms with Crippen LogP contribution in [0.4, 0.5) is 5.82 Å². The van der Waals surface area contributed by atoms with Gasteiger partial charge in [-0.05, 0) is 92.2 Å². The first-order valence-corrected chi connectivity index (χ1v) is 22.7. The molecule has 12 nitrogen and oxygen atoms in total. The van der Waals surface area contributed by atoms with Crippen molar-refractivity contribution < 1.29 is 32.7 Å². The summed E-state index contributed by atoms with van der Waals surface area (Å²) in [5, 5.41) is 3.79. The molecule has 2 bridgehead atoms. The molecule has 324 valence electrons. The second-order valence-corrected chi connectivity index (χ2v) is 18.2. The summed E-state index contributed by atoms with van der Waals surface area (Å²) in [6.07, 6.45) is 9.77. The Morgan fingerprint density at radius 2 is 1.81 bits per heavy atom. The van der Waals surface area contributed by atoms with Crippen molar-refractivity contribution in [2.75, 3.05) is 99.0 Å². The van der Waals surface area contributed by atoms with Gasteiger partial charge in [-0.15, -0.1) is 0 Å². The molecule has 1 aromatic heterocycles. The van der Waals surface area contributed by atoms with Crippen molar-refractivity contribution in [1.82, 2.24) is 19.9 Å². The molecule has 1 aromatic carbocycles. The Bertz CT molecular complexity index is 1660. The topological polar surface area (TPSA) is 124 Å². The Kier molecular flexibility index (Phi) is 18.3. The summed E-state index contributed by atoms with van der Waals surface area (Å²) in [6.45, 7) is 14.7. The van der Waals surface area contributed by atoms with Gasteiger partial charge in [0.1, 0.15) is 16.7 Å². The maximum absolute atomic E-state index is 13.6. The minimum Gasteiger partial charge on any atom is -0.489 e. The fourth-order valence-electron chi connectivity index (χ4n) is 8.89. The zero-order valence-electron chi connectivity index (χ0n) is 35.8. The standard InChI is InChI=1S/C35H48ClN3O5S.C9H20N2O2/c1-6-8-24-19-27(36)11-12-28(24)26-21-39-20-25-10-13-29(25)35(3,43-5)17-7-9-23(2)32(16-18-42-4)45(41)38-34(40)30-14-15-31(44-22-26)33(39)37-30;1-12-7-9(8-13-2)11-5-3-10-4-6-11/h7,11-12,14-15,17,19,23,25-26,29,32H,6,8-10,13,16,18,20-22H2,1-5H3,(H,38,40);9-10H,3-8H2,1-2H3/b17-7+;/t23?,25?,26?,29?,32?,35-,45?;/m0./s1. The van der Waals surface area contributed by atoms with Gasteiger partial charge < -0.3 is 33.9 Å². The number of carbonyl (C=O) groups excluding carboxylic acids is 1. The maximum Gasteiger partial charge on any atom is 0.281 e. The van der Waals surface area contributed by atoms with Gasteiger partial charge in [-0.25, -0.2) is 9.19 Å². The van der Waals surface area contributed by atoms with Gasteiger partial charge in [-0.3, -0.25) is 14.4 Å². The number of piperazine rings is 1. The maximum atomic E-state index is 13.6. The summed E-state index contributed by atoms with van der Waals surface area (Å²) in [6, 6.07) is 10.1. The Hall–Kier alpha value is -2.62. The first-order valence-electron chi connectivity index (χ1n) is 21.1. The van der Waals surface area contributed by atoms with Crippen molar-refractivity contribution in [2.24, 2.45) is 17.8 Å². The number of halogens is 1. The number of amides is 1. The van der Waals surface area contributed by atoms with Crippen molar-refractivity contribution in [3.8, 4) is 5.75 Å². The Labute approximate surface area is 354 Å². The van der Waals surface area contributed by atoms with E-state index in [9.17, 15) is 9.00 Å². The molecule has 1 amide bonds. The average Bonchev–Trinajstić information content (AvgIpc) is 3.39. The smallest absolute Gasteiger partial charge is 0.281 e. The SMILES string of the molecule is CCCc1cc(Cl)ccc1C1COc2ccc3nc2N(C1)CC1CCC1[C@@](C)(OC)/C=C/CC(C)C(CCOC)S(=O)NC3=O.COCC(COC)N1CCNCC1. The summed E-state index contributed by atoms with van der Waals surface area (Å²) < 4.78 is 44.6. The molecule has 1 aliphatic carbocycles. The van der Waals surface area contributed by atoms with Crippen LogP contribution in [0.15, 0.2) is 42.5 Å². The number of aromatic nitrogens is 1. The molecular weight excluding hydrogens is 778 g/mol. The number of hydrogen-bond acceptors (Lipinski definition) is 11. The number of aryl methyl sites for hydroxylation is 1. The highest BCUT2D eigenvalue weighted by molar-refractivity contribution is 7.84. The van der Waals surface area contributed by atoms with E-state index in [1.54, 1.807) is 34.5 Å². The van der Waals surface area contributed by atoms with E-state index in [0.29, 0.717) is 55.6 Å². The number of methoxy groups -OCH3 is 4. The van der Waals surface area contributed by atoms with E-state index in [-0.39, 0.29) is 22.8 Å². The Morgan fingerprint density at radius 3 is 2.47 bits per heavy atom. The molecule has 2 fully saturated rings. The number of hydrogen-bond donors (Lipinski definition) is 2. The number of pyridine rings is 1. The van der Waals surface area contributed by atoms with Gasteiger partial charge in [0.05, 0.1) is 36.7 Å². The number of benzene rings is 1. The number of nitrogens with one attached hydrogen (secondary N) is 2. The number of carbonyl (C=O) groups is 1. The molecule has 7 atom stereocenters. The van der Waals surface area contributed by atoms with Gasteiger partial charge in [0.2, 0.25) is 0 Å². The molecule has 58 heavy (non-hydrogen) atoms. The molecule has 4 aliphatic rings. The third kappa shape index (κ3) is 12.0. The highest BCUT2D eigenvalue weighted by atomic mass is 35.5. The van der Waals surface area contributed by atoms with Crippen LogP contribution in [0.3, 0.4) is 0 Å². The van der Waals surface area contributed by atoms with Crippen LogP contribution in [0.5, 0.6) is 5.75 Å². The van der Waals surface area contributed by atoms with Gasteiger partial charge in [-0.2, -0.15) is 0 Å². The van der Waals surface area contributed by atoms with E-state index in [1.165, 1.54) is 11.1 Å². The van der Waals surface area contributed by atoms with Crippen LogP contribution in [-0.2, 0) is 36.4 Å². The van der Waals surface area contributed by atoms with Crippen LogP contribution >= 0.6 is 11.6 Å². The first-order chi connectivity index (χ1) is 28.0. The lowest BCUT2D eigenvalue weighted by atomic mass is 9.64. The fraction of sp³-hybridized carbons (Fsp3) is 0.682. The van der Waals surface area contributed by atoms with E-state index in [1.807, 2.05) is 12.1 Å². The number of ether oxygens (including phenoxy) is 5. The molecule has 1 saturated carbocycles. The lowest BCUT2D eigenvalue weighted by molar-refractivity contribution is -0.0621. The molecule has 4 heterocycles. The molecule has 2 N–H and O–H groups in total.